The molecule has 1 aromatic heterocycles. The zero-order valence-electron chi connectivity index (χ0n) is 16.6. The first-order valence-electron chi connectivity index (χ1n) is 10.4. The fourth-order valence-electron chi connectivity index (χ4n) is 4.87. The summed E-state index contributed by atoms with van der Waals surface area (Å²) < 4.78 is 1.93. The van der Waals surface area contributed by atoms with Gasteiger partial charge >= 0.3 is 0 Å². The van der Waals surface area contributed by atoms with E-state index in [4.69, 9.17) is 0 Å². The zero-order valence-corrected chi connectivity index (χ0v) is 20.6. The topological polar surface area (TPSA) is 29.1 Å². The second-order valence-corrected chi connectivity index (χ2v) is 12.3. The van der Waals surface area contributed by atoms with Crippen LogP contribution in [0.2, 0.25) is 0 Å². The van der Waals surface area contributed by atoms with Gasteiger partial charge in [-0.2, -0.15) is 0 Å². The normalized spacial score (nSPS) is 17.4. The van der Waals surface area contributed by atoms with Gasteiger partial charge in [-0.3, -0.25) is 4.79 Å². The number of nitrogens with one attached hydrogen (secondary N) is 1. The molecule has 30 heavy (non-hydrogen) atoms. The lowest BCUT2D eigenvalue weighted by molar-refractivity contribution is -0.000638. The third-order valence-corrected chi connectivity index (χ3v) is 9.35. The Balaban J connectivity index is 1.32. The number of carbonyl (C=O) groups is 1. The zero-order chi connectivity index (χ0) is 20.7. The molecule has 1 heterocycles. The molecular formula is C25H23Br2NOS. The van der Waals surface area contributed by atoms with Crippen LogP contribution in [0.25, 0.3) is 11.1 Å². The summed E-state index contributed by atoms with van der Waals surface area (Å²) in [6.07, 6.45) is 7.08. The predicted molar refractivity (Wildman–Crippen MR) is 131 cm³/mol. The van der Waals surface area contributed by atoms with Crippen molar-refractivity contribution in [3.05, 3.63) is 78.9 Å². The average molecular weight is 545 g/mol. The Morgan fingerprint density at radius 2 is 1.63 bits per heavy atom. The van der Waals surface area contributed by atoms with Crippen molar-refractivity contribution in [3.63, 3.8) is 0 Å². The summed E-state index contributed by atoms with van der Waals surface area (Å²) in [5, 5.41) is 3.28. The van der Waals surface area contributed by atoms with Crippen LogP contribution in [0.4, 0.5) is 0 Å². The summed E-state index contributed by atoms with van der Waals surface area (Å²) in [5.41, 5.74) is 6.04. The third-order valence-electron chi connectivity index (χ3n) is 6.69. The number of thiophene rings is 1. The molecule has 2 fully saturated rings. The van der Waals surface area contributed by atoms with Crippen molar-refractivity contribution < 1.29 is 4.79 Å². The number of hydrogen-bond acceptors (Lipinski definition) is 2. The van der Waals surface area contributed by atoms with Crippen LogP contribution in [-0.2, 0) is 6.42 Å². The Kier molecular flexibility index (Phi) is 5.63. The molecule has 154 valence electrons. The molecule has 0 bridgehead atoms. The van der Waals surface area contributed by atoms with Crippen molar-refractivity contribution in [3.8, 4) is 11.1 Å². The quantitative estimate of drug-likeness (QED) is 0.352. The van der Waals surface area contributed by atoms with Gasteiger partial charge in [0.05, 0.1) is 13.1 Å². The van der Waals surface area contributed by atoms with Crippen LogP contribution in [0.1, 0.15) is 53.6 Å². The minimum Gasteiger partial charge on any atom is -0.349 e. The van der Waals surface area contributed by atoms with Crippen LogP contribution >= 0.6 is 43.2 Å². The van der Waals surface area contributed by atoms with Crippen LogP contribution in [0, 0.1) is 5.41 Å². The summed E-state index contributed by atoms with van der Waals surface area (Å²) in [4.78, 5) is 13.1. The Hall–Kier alpha value is -1.43. The van der Waals surface area contributed by atoms with Crippen molar-refractivity contribution in [2.45, 2.75) is 44.6 Å². The minimum absolute atomic E-state index is 0.0545. The summed E-state index contributed by atoms with van der Waals surface area (Å²) in [6, 6.07) is 19.4. The molecule has 0 atom stereocenters. The minimum atomic E-state index is 0.0545. The third kappa shape index (κ3) is 3.92. The van der Waals surface area contributed by atoms with Gasteiger partial charge in [-0.05, 0) is 85.2 Å². The van der Waals surface area contributed by atoms with Gasteiger partial charge in [0.1, 0.15) is 0 Å². The van der Waals surface area contributed by atoms with Gasteiger partial charge in [0.25, 0.3) is 5.91 Å². The number of amides is 1. The van der Waals surface area contributed by atoms with E-state index in [1.807, 2.05) is 6.07 Å². The second kappa shape index (κ2) is 8.25. The highest BCUT2D eigenvalue weighted by Gasteiger charge is 2.48. The van der Waals surface area contributed by atoms with Gasteiger partial charge in [-0.1, -0.05) is 61.0 Å². The van der Waals surface area contributed by atoms with Gasteiger partial charge in [0.2, 0.25) is 0 Å². The number of hydrogen-bond donors (Lipinski definition) is 1. The van der Waals surface area contributed by atoms with E-state index in [1.54, 1.807) is 11.3 Å². The van der Waals surface area contributed by atoms with Crippen molar-refractivity contribution in [1.29, 1.82) is 0 Å². The Morgan fingerprint density at radius 1 is 0.967 bits per heavy atom. The molecule has 2 aliphatic carbocycles. The molecule has 0 unspecified atom stereocenters. The Bertz CT molecular complexity index is 1060. The average Bonchev–Trinajstić information content (AvgIpc) is 2.97. The molecule has 2 nitrogen and oxygen atoms in total. The van der Waals surface area contributed by atoms with E-state index in [1.165, 1.54) is 36.0 Å². The fourth-order valence-corrected chi connectivity index (χ4v) is 8.03. The van der Waals surface area contributed by atoms with Crippen molar-refractivity contribution in [2.75, 3.05) is 0 Å². The highest BCUT2D eigenvalue weighted by Crippen LogP contribution is 2.55. The van der Waals surface area contributed by atoms with Crippen molar-refractivity contribution in [2.24, 2.45) is 5.41 Å². The molecule has 2 aliphatic rings. The molecular weight excluding hydrogens is 522 g/mol. The Labute approximate surface area is 198 Å². The first-order valence-corrected chi connectivity index (χ1v) is 12.9. The lowest BCUT2D eigenvalue weighted by atomic mass is 9.54. The standard InChI is InChI=1S/C25H23Br2NOS/c26-22-20(13-16-7-9-18(10-8-16)17-5-2-1-3-6-17)21(23(27)30-22)24(29)28-19-14-25(15-19)11-4-12-25/h1-3,5-10,19H,4,11-15H2,(H,28,29). The largest absolute Gasteiger partial charge is 0.349 e. The molecule has 0 aliphatic heterocycles. The molecule has 1 spiro atoms. The number of rotatable bonds is 5. The number of benzene rings is 2. The maximum Gasteiger partial charge on any atom is 0.253 e. The SMILES string of the molecule is O=C(NC1CC2(CCC2)C1)c1c(Br)sc(Br)c1Cc1ccc(-c2ccccc2)cc1. The van der Waals surface area contributed by atoms with Gasteiger partial charge in [-0.25, -0.2) is 0 Å². The Morgan fingerprint density at radius 3 is 2.27 bits per heavy atom. The fraction of sp³-hybridized carbons (Fsp3) is 0.320. The molecule has 5 rings (SSSR count). The lowest BCUT2D eigenvalue weighted by Gasteiger charge is -2.54. The smallest absolute Gasteiger partial charge is 0.253 e. The summed E-state index contributed by atoms with van der Waals surface area (Å²) in [6.45, 7) is 0. The molecule has 2 saturated carbocycles. The molecule has 0 radical (unpaired) electrons. The van der Waals surface area contributed by atoms with Gasteiger partial charge in [-0.15, -0.1) is 11.3 Å². The highest BCUT2D eigenvalue weighted by molar-refractivity contribution is 9.12. The van der Waals surface area contributed by atoms with Crippen LogP contribution in [-0.4, -0.2) is 11.9 Å². The van der Waals surface area contributed by atoms with Gasteiger partial charge in [0.15, 0.2) is 0 Å². The molecule has 2 aromatic carbocycles. The van der Waals surface area contributed by atoms with E-state index in [-0.39, 0.29) is 5.91 Å². The summed E-state index contributed by atoms with van der Waals surface area (Å²) >= 11 is 8.90. The van der Waals surface area contributed by atoms with Crippen LogP contribution in [0.15, 0.2) is 62.2 Å². The van der Waals surface area contributed by atoms with E-state index in [0.29, 0.717) is 11.5 Å². The first kappa shape index (κ1) is 20.5. The van der Waals surface area contributed by atoms with Crippen LogP contribution in [0.3, 0.4) is 0 Å². The molecule has 0 saturated heterocycles. The molecule has 1 N–H and O–H groups in total. The number of halogens is 2. The summed E-state index contributed by atoms with van der Waals surface area (Å²) in [5.74, 6) is 0.0545. The van der Waals surface area contributed by atoms with E-state index < -0.39 is 0 Å². The van der Waals surface area contributed by atoms with E-state index in [2.05, 4.69) is 85.7 Å². The van der Waals surface area contributed by atoms with Gasteiger partial charge in [0, 0.05) is 12.5 Å². The lowest BCUT2D eigenvalue weighted by Crippen LogP contribution is -2.53. The maximum atomic E-state index is 13.1. The molecule has 3 aromatic rings. The monoisotopic (exact) mass is 543 g/mol. The maximum absolute atomic E-state index is 13.1. The molecule has 1 amide bonds. The second-order valence-electron chi connectivity index (χ2n) is 8.67. The predicted octanol–water partition coefficient (Wildman–Crippen LogP) is 7.59. The van der Waals surface area contributed by atoms with E-state index in [9.17, 15) is 4.79 Å². The van der Waals surface area contributed by atoms with Gasteiger partial charge < -0.3 is 5.32 Å². The number of carbonyl (C=O) groups excluding carboxylic acids is 1. The highest BCUT2D eigenvalue weighted by atomic mass is 79.9. The molecule has 5 heteroatoms. The van der Waals surface area contributed by atoms with E-state index >= 15 is 0 Å². The van der Waals surface area contributed by atoms with Crippen molar-refractivity contribution in [1.82, 2.24) is 5.32 Å². The van der Waals surface area contributed by atoms with E-state index in [0.717, 1.165) is 38.0 Å². The van der Waals surface area contributed by atoms with Crippen LogP contribution < -0.4 is 5.32 Å². The first-order chi connectivity index (χ1) is 14.5. The van der Waals surface area contributed by atoms with Crippen molar-refractivity contribution >= 4 is 49.1 Å². The summed E-state index contributed by atoms with van der Waals surface area (Å²) in [7, 11) is 0. The van der Waals surface area contributed by atoms with Crippen LogP contribution in [0.5, 0.6) is 0 Å².